The van der Waals surface area contributed by atoms with Gasteiger partial charge in [0.1, 0.15) is 18.2 Å². The van der Waals surface area contributed by atoms with Gasteiger partial charge in [0.05, 0.1) is 6.61 Å². The molecule has 2 unspecified atom stereocenters. The van der Waals surface area contributed by atoms with Gasteiger partial charge in [-0.25, -0.2) is 4.79 Å². The molecule has 1 heterocycles. The second kappa shape index (κ2) is 7.53. The molecule has 1 aromatic rings. The number of aldehydes is 1. The van der Waals surface area contributed by atoms with Gasteiger partial charge in [0.2, 0.25) is 5.91 Å². The molecule has 0 aromatic heterocycles. The number of esters is 1. The summed E-state index contributed by atoms with van der Waals surface area (Å²) in [5.41, 5.74) is 3.41. The highest BCUT2D eigenvalue weighted by molar-refractivity contribution is 6.42. The van der Waals surface area contributed by atoms with Crippen molar-refractivity contribution in [3.63, 3.8) is 0 Å². The molecule has 7 heteroatoms. The average Bonchev–Trinajstić information content (AvgIpc) is 2.99. The number of carbonyl (C=O) groups is 3. The van der Waals surface area contributed by atoms with Crippen molar-refractivity contribution >= 4 is 23.9 Å². The first kappa shape index (κ1) is 16.7. The van der Waals surface area contributed by atoms with Crippen molar-refractivity contribution in [1.29, 1.82) is 0 Å². The summed E-state index contributed by atoms with van der Waals surface area (Å²) in [5.74, 6) is -2.01. The first-order valence-electron chi connectivity index (χ1n) is 7.33. The van der Waals surface area contributed by atoms with E-state index in [0.717, 1.165) is 5.56 Å². The van der Waals surface area contributed by atoms with Crippen LogP contribution in [0, 0.1) is 5.92 Å². The van der Waals surface area contributed by atoms with E-state index in [4.69, 9.17) is 4.74 Å². The number of hydrogen-bond donors (Lipinski definition) is 1. The summed E-state index contributed by atoms with van der Waals surface area (Å²) >= 11 is 0. The minimum Gasteiger partial charge on any atom is -0.461 e. The van der Waals surface area contributed by atoms with E-state index in [1.807, 2.05) is 30.3 Å². The quantitative estimate of drug-likeness (QED) is 0.604. The van der Waals surface area contributed by atoms with Crippen molar-refractivity contribution in [2.75, 3.05) is 13.7 Å². The van der Waals surface area contributed by atoms with E-state index in [2.05, 4.69) is 10.5 Å². The summed E-state index contributed by atoms with van der Waals surface area (Å²) in [7, 11) is 1.62. The lowest BCUT2D eigenvalue weighted by molar-refractivity contribution is -0.138. The summed E-state index contributed by atoms with van der Waals surface area (Å²) in [4.78, 5) is 37.2. The molecule has 0 saturated heterocycles. The van der Waals surface area contributed by atoms with Crippen LogP contribution in [0.15, 0.2) is 35.4 Å². The normalized spacial score (nSPS) is 19.5. The minimum atomic E-state index is -0.972. The maximum Gasteiger partial charge on any atom is 0.355 e. The zero-order valence-electron chi connectivity index (χ0n) is 13.1. The predicted molar refractivity (Wildman–Crippen MR) is 83.5 cm³/mol. The SMILES string of the molecule is CCOC(=O)C1=NNC(C=O)C1C(=O)N(C)Cc1ccccc1. The summed E-state index contributed by atoms with van der Waals surface area (Å²) in [6.07, 6.45) is 0.578. The van der Waals surface area contributed by atoms with Gasteiger partial charge in [0, 0.05) is 13.6 Å². The average molecular weight is 317 g/mol. The molecule has 7 nitrogen and oxygen atoms in total. The lowest BCUT2D eigenvalue weighted by Gasteiger charge is -2.23. The Hall–Kier alpha value is -2.70. The van der Waals surface area contributed by atoms with Gasteiger partial charge >= 0.3 is 5.97 Å². The van der Waals surface area contributed by atoms with Gasteiger partial charge in [-0.15, -0.1) is 0 Å². The third-order valence-electron chi connectivity index (χ3n) is 3.52. The molecule has 0 saturated carbocycles. The Morgan fingerprint density at radius 3 is 2.65 bits per heavy atom. The zero-order chi connectivity index (χ0) is 16.8. The van der Waals surface area contributed by atoms with Crippen molar-refractivity contribution in [2.24, 2.45) is 11.0 Å². The number of nitrogens with one attached hydrogen (secondary N) is 1. The van der Waals surface area contributed by atoms with Crippen LogP contribution in [0.2, 0.25) is 0 Å². The first-order valence-corrected chi connectivity index (χ1v) is 7.33. The van der Waals surface area contributed by atoms with E-state index in [1.165, 1.54) is 4.90 Å². The van der Waals surface area contributed by atoms with E-state index in [9.17, 15) is 14.4 Å². The molecule has 2 rings (SSSR count). The van der Waals surface area contributed by atoms with Crippen molar-refractivity contribution in [2.45, 2.75) is 19.5 Å². The standard InChI is InChI=1S/C16H19N3O4/c1-3-23-16(22)14-13(12(10-20)17-18-14)15(21)19(2)9-11-7-5-4-6-8-11/h4-8,10,12-13,17H,3,9H2,1-2H3. The molecule has 0 bridgehead atoms. The lowest BCUT2D eigenvalue weighted by atomic mass is 9.95. The van der Waals surface area contributed by atoms with Crippen molar-refractivity contribution in [3.05, 3.63) is 35.9 Å². The number of amides is 1. The summed E-state index contributed by atoms with van der Waals surface area (Å²) in [6.45, 7) is 2.21. The molecular formula is C16H19N3O4. The Morgan fingerprint density at radius 2 is 2.04 bits per heavy atom. The van der Waals surface area contributed by atoms with Gasteiger partial charge in [-0.1, -0.05) is 30.3 Å². The molecular weight excluding hydrogens is 298 g/mol. The van der Waals surface area contributed by atoms with E-state index < -0.39 is 17.9 Å². The Morgan fingerprint density at radius 1 is 1.35 bits per heavy atom. The fourth-order valence-corrected chi connectivity index (χ4v) is 2.39. The topological polar surface area (TPSA) is 88.1 Å². The van der Waals surface area contributed by atoms with E-state index in [1.54, 1.807) is 14.0 Å². The number of ether oxygens (including phenoxy) is 1. The third kappa shape index (κ3) is 3.74. The fourth-order valence-electron chi connectivity index (χ4n) is 2.39. The molecule has 1 N–H and O–H groups in total. The van der Waals surface area contributed by atoms with Crippen LogP contribution in [0.5, 0.6) is 0 Å². The van der Waals surface area contributed by atoms with Gasteiger partial charge < -0.3 is 14.4 Å². The molecule has 23 heavy (non-hydrogen) atoms. The first-order chi connectivity index (χ1) is 11.1. The Bertz CT molecular complexity index is 615. The van der Waals surface area contributed by atoms with Crippen LogP contribution in [0.4, 0.5) is 0 Å². The predicted octanol–water partition coefficient (Wildman–Crippen LogP) is 0.351. The monoisotopic (exact) mass is 317 g/mol. The highest BCUT2D eigenvalue weighted by Crippen LogP contribution is 2.17. The lowest BCUT2D eigenvalue weighted by Crippen LogP contribution is -2.45. The largest absolute Gasteiger partial charge is 0.461 e. The van der Waals surface area contributed by atoms with Crippen LogP contribution >= 0.6 is 0 Å². The van der Waals surface area contributed by atoms with Crippen molar-refractivity contribution < 1.29 is 19.1 Å². The van der Waals surface area contributed by atoms with Gasteiger partial charge in [0.15, 0.2) is 5.71 Å². The second-order valence-corrected chi connectivity index (χ2v) is 5.17. The molecule has 0 spiro atoms. The van der Waals surface area contributed by atoms with Gasteiger partial charge in [-0.2, -0.15) is 5.10 Å². The van der Waals surface area contributed by atoms with Crippen LogP contribution in [0.25, 0.3) is 0 Å². The van der Waals surface area contributed by atoms with Gasteiger partial charge in [0.25, 0.3) is 0 Å². The van der Waals surface area contributed by atoms with Crippen LogP contribution in [-0.4, -0.2) is 48.5 Å². The number of hydrazone groups is 1. The number of rotatable bonds is 6. The van der Waals surface area contributed by atoms with Crippen molar-refractivity contribution in [1.82, 2.24) is 10.3 Å². The maximum atomic E-state index is 12.7. The molecule has 122 valence electrons. The number of carbonyl (C=O) groups excluding carboxylic acids is 3. The molecule has 1 aliphatic heterocycles. The highest BCUT2D eigenvalue weighted by Gasteiger charge is 2.42. The summed E-state index contributed by atoms with van der Waals surface area (Å²) in [6, 6.07) is 8.58. The molecule has 1 aromatic carbocycles. The molecule has 0 aliphatic carbocycles. The fraction of sp³-hybridized carbons (Fsp3) is 0.375. The van der Waals surface area contributed by atoms with Gasteiger partial charge in [-0.3, -0.25) is 10.2 Å². The molecule has 0 fully saturated rings. The van der Waals surface area contributed by atoms with Crippen LogP contribution in [0.1, 0.15) is 12.5 Å². The smallest absolute Gasteiger partial charge is 0.355 e. The van der Waals surface area contributed by atoms with Crippen molar-refractivity contribution in [3.8, 4) is 0 Å². The maximum absolute atomic E-state index is 12.7. The Kier molecular flexibility index (Phi) is 5.46. The number of benzene rings is 1. The van der Waals surface area contributed by atoms with Crippen LogP contribution in [-0.2, 0) is 25.7 Å². The molecule has 1 aliphatic rings. The summed E-state index contributed by atoms with van der Waals surface area (Å²) in [5, 5.41) is 3.81. The third-order valence-corrected chi connectivity index (χ3v) is 3.52. The van der Waals surface area contributed by atoms with E-state index in [0.29, 0.717) is 12.8 Å². The molecule has 2 atom stereocenters. The molecule has 0 radical (unpaired) electrons. The van der Waals surface area contributed by atoms with Gasteiger partial charge in [-0.05, 0) is 12.5 Å². The van der Waals surface area contributed by atoms with Crippen LogP contribution in [0.3, 0.4) is 0 Å². The highest BCUT2D eigenvalue weighted by atomic mass is 16.5. The Labute approximate surface area is 134 Å². The van der Waals surface area contributed by atoms with E-state index in [-0.39, 0.29) is 18.2 Å². The number of nitrogens with zero attached hydrogens (tertiary/aromatic N) is 2. The zero-order valence-corrected chi connectivity index (χ0v) is 13.1. The summed E-state index contributed by atoms with van der Waals surface area (Å²) < 4.78 is 4.90. The second-order valence-electron chi connectivity index (χ2n) is 5.17. The van der Waals surface area contributed by atoms with Crippen LogP contribution < -0.4 is 5.43 Å². The Balaban J connectivity index is 2.15. The number of hydrogen-bond acceptors (Lipinski definition) is 6. The molecule has 1 amide bonds. The minimum absolute atomic E-state index is 0.0612. The van der Waals surface area contributed by atoms with E-state index >= 15 is 0 Å².